The van der Waals surface area contributed by atoms with E-state index in [-0.39, 0.29) is 36.0 Å². The van der Waals surface area contributed by atoms with Gasteiger partial charge in [-0.3, -0.25) is 14.9 Å². The van der Waals surface area contributed by atoms with Crippen molar-refractivity contribution in [2.24, 2.45) is 0 Å². The summed E-state index contributed by atoms with van der Waals surface area (Å²) >= 11 is 0. The minimum atomic E-state index is -2.28. The molecule has 140 valence electrons. The maximum absolute atomic E-state index is 11.8. The molecule has 26 heavy (non-hydrogen) atoms. The van der Waals surface area contributed by atoms with Gasteiger partial charge in [0.05, 0.1) is 35.6 Å². The highest BCUT2D eigenvalue weighted by Gasteiger charge is 2.43. The molecule has 0 bridgehead atoms. The minimum absolute atomic E-state index is 0.0491. The summed E-state index contributed by atoms with van der Waals surface area (Å²) in [6, 6.07) is 3.68. The van der Waals surface area contributed by atoms with Crippen LogP contribution in [-0.2, 0) is 19.1 Å². The summed E-state index contributed by atoms with van der Waals surface area (Å²) in [5, 5.41) is 24.4. The molecule has 0 saturated carbocycles. The fourth-order valence-electron chi connectivity index (χ4n) is 2.28. The molecule has 0 spiro atoms. The lowest BCUT2D eigenvalue weighted by atomic mass is 10.0. The highest BCUT2D eigenvalue weighted by atomic mass is 16.6. The van der Waals surface area contributed by atoms with Crippen LogP contribution in [0.5, 0.6) is 5.75 Å². The lowest BCUT2D eigenvalue weighted by molar-refractivity contribution is -0.385. The number of aliphatic hydroxyl groups is 1. The number of benzene rings is 1. The first-order chi connectivity index (χ1) is 12.3. The first-order valence-electron chi connectivity index (χ1n) is 7.80. The molecule has 10 heteroatoms. The molecule has 2 N–H and O–H groups in total. The predicted molar refractivity (Wildman–Crippen MR) is 88.3 cm³/mol. The van der Waals surface area contributed by atoms with Crippen molar-refractivity contribution in [1.29, 1.82) is 0 Å². The van der Waals surface area contributed by atoms with E-state index in [4.69, 9.17) is 14.2 Å². The maximum atomic E-state index is 11.8. The Kier molecular flexibility index (Phi) is 5.78. The minimum Gasteiger partial charge on any atom is -0.466 e. The van der Waals surface area contributed by atoms with Crippen LogP contribution in [0.2, 0.25) is 0 Å². The number of nitrogens with one attached hydrogen (secondary N) is 1. The number of esters is 2. The van der Waals surface area contributed by atoms with Gasteiger partial charge in [-0.1, -0.05) is 0 Å². The molecule has 0 saturated heterocycles. The summed E-state index contributed by atoms with van der Waals surface area (Å²) in [7, 11) is 0. The fourth-order valence-corrected chi connectivity index (χ4v) is 2.28. The number of hydrogen-bond acceptors (Lipinski definition) is 9. The lowest BCUT2D eigenvalue weighted by Crippen LogP contribution is -2.46. The predicted octanol–water partition coefficient (Wildman–Crippen LogP) is 1.49. The van der Waals surface area contributed by atoms with Crippen molar-refractivity contribution in [3.63, 3.8) is 0 Å². The Bertz CT molecular complexity index is 761. The number of carbonyl (C=O) groups is 2. The Hall–Kier alpha value is -3.14. The maximum Gasteiger partial charge on any atom is 0.332 e. The second-order valence-corrected chi connectivity index (χ2v) is 5.24. The van der Waals surface area contributed by atoms with Crippen LogP contribution >= 0.6 is 0 Å². The van der Waals surface area contributed by atoms with Crippen molar-refractivity contribution >= 4 is 23.3 Å². The van der Waals surface area contributed by atoms with Crippen LogP contribution in [0.4, 0.5) is 11.4 Å². The van der Waals surface area contributed by atoms with Crippen molar-refractivity contribution < 1.29 is 33.8 Å². The van der Waals surface area contributed by atoms with Gasteiger partial charge in [-0.15, -0.1) is 0 Å². The van der Waals surface area contributed by atoms with E-state index < -0.39 is 29.1 Å². The summed E-state index contributed by atoms with van der Waals surface area (Å²) < 4.78 is 15.0. The monoisotopic (exact) mass is 366 g/mol. The van der Waals surface area contributed by atoms with Gasteiger partial charge < -0.3 is 24.6 Å². The van der Waals surface area contributed by atoms with Crippen LogP contribution < -0.4 is 10.1 Å². The quantitative estimate of drug-likeness (QED) is 0.332. The SMILES string of the molecule is CCOC(=O)/C=C1\Nc2ccc([N+](=O)[O-])cc2OC1(O)CC(=O)OCC. The molecule has 0 fully saturated rings. The van der Waals surface area contributed by atoms with Gasteiger partial charge in [0.1, 0.15) is 6.42 Å². The molecule has 0 aromatic heterocycles. The highest BCUT2D eigenvalue weighted by Crippen LogP contribution is 2.40. The molecular weight excluding hydrogens is 348 g/mol. The van der Waals surface area contributed by atoms with Gasteiger partial charge in [-0.25, -0.2) is 4.79 Å². The third kappa shape index (κ3) is 4.28. The van der Waals surface area contributed by atoms with E-state index in [0.717, 1.165) is 12.1 Å². The summed E-state index contributed by atoms with van der Waals surface area (Å²) in [5.74, 6) is -3.86. The van der Waals surface area contributed by atoms with Gasteiger partial charge in [0.2, 0.25) is 0 Å². The Labute approximate surface area is 148 Å². The Morgan fingerprint density at radius 1 is 1.35 bits per heavy atom. The van der Waals surface area contributed by atoms with Gasteiger partial charge in [-0.2, -0.15) is 0 Å². The number of rotatable bonds is 6. The van der Waals surface area contributed by atoms with Crippen LogP contribution in [-0.4, -0.2) is 41.0 Å². The van der Waals surface area contributed by atoms with E-state index in [1.54, 1.807) is 13.8 Å². The first kappa shape index (κ1) is 19.2. The number of nitrogens with zero attached hydrogens (tertiary/aromatic N) is 1. The van der Waals surface area contributed by atoms with E-state index >= 15 is 0 Å². The smallest absolute Gasteiger partial charge is 0.332 e. The summed E-state index contributed by atoms with van der Waals surface area (Å²) in [6.45, 7) is 3.40. The van der Waals surface area contributed by atoms with E-state index in [1.807, 2.05) is 0 Å². The van der Waals surface area contributed by atoms with Gasteiger partial charge >= 0.3 is 11.9 Å². The Balaban J connectivity index is 2.43. The van der Waals surface area contributed by atoms with E-state index in [9.17, 15) is 24.8 Å². The number of non-ortho nitro benzene ring substituents is 1. The number of nitro benzene ring substituents is 1. The number of carbonyl (C=O) groups excluding carboxylic acids is 2. The van der Waals surface area contributed by atoms with Gasteiger partial charge in [-0.05, 0) is 19.9 Å². The number of ether oxygens (including phenoxy) is 3. The summed E-state index contributed by atoms with van der Waals surface area (Å²) in [4.78, 5) is 33.9. The molecule has 1 aromatic carbocycles. The lowest BCUT2D eigenvalue weighted by Gasteiger charge is -2.36. The zero-order valence-electron chi connectivity index (χ0n) is 14.2. The molecule has 1 heterocycles. The third-order valence-corrected chi connectivity index (χ3v) is 3.38. The average molecular weight is 366 g/mol. The largest absolute Gasteiger partial charge is 0.466 e. The average Bonchev–Trinajstić information content (AvgIpc) is 2.55. The van der Waals surface area contributed by atoms with Crippen molar-refractivity contribution in [3.8, 4) is 5.75 Å². The van der Waals surface area contributed by atoms with E-state index in [2.05, 4.69) is 5.32 Å². The van der Waals surface area contributed by atoms with Gasteiger partial charge in [0.15, 0.2) is 5.75 Å². The molecule has 1 unspecified atom stereocenters. The van der Waals surface area contributed by atoms with Crippen LogP contribution in [0, 0.1) is 10.1 Å². The molecule has 0 amide bonds. The third-order valence-electron chi connectivity index (χ3n) is 3.38. The first-order valence-corrected chi connectivity index (χ1v) is 7.80. The van der Waals surface area contributed by atoms with Crippen LogP contribution in [0.1, 0.15) is 20.3 Å². The van der Waals surface area contributed by atoms with Crippen molar-refractivity contribution in [2.45, 2.75) is 26.1 Å². The molecule has 0 aliphatic carbocycles. The molecule has 1 aliphatic heterocycles. The molecule has 1 aromatic rings. The molecule has 10 nitrogen and oxygen atoms in total. The topological polar surface area (TPSA) is 137 Å². The molecular formula is C16H18N2O8. The number of fused-ring (bicyclic) bond motifs is 1. The van der Waals surface area contributed by atoms with Crippen LogP contribution in [0.25, 0.3) is 0 Å². The number of nitro groups is 1. The number of hydrogen-bond donors (Lipinski definition) is 2. The van der Waals surface area contributed by atoms with Crippen LogP contribution in [0.3, 0.4) is 0 Å². The Morgan fingerprint density at radius 3 is 2.65 bits per heavy atom. The zero-order chi connectivity index (χ0) is 19.3. The molecule has 0 radical (unpaired) electrons. The zero-order valence-corrected chi connectivity index (χ0v) is 14.2. The second kappa shape index (κ2) is 7.83. The summed E-state index contributed by atoms with van der Waals surface area (Å²) in [6.07, 6.45) is 0.314. The van der Waals surface area contributed by atoms with E-state index in [1.165, 1.54) is 12.1 Å². The van der Waals surface area contributed by atoms with E-state index in [0.29, 0.717) is 0 Å². The van der Waals surface area contributed by atoms with Gasteiger partial charge in [0.25, 0.3) is 11.5 Å². The van der Waals surface area contributed by atoms with Crippen molar-refractivity contribution in [3.05, 3.63) is 40.1 Å². The normalized spacial score (nSPS) is 19.7. The number of anilines is 1. The molecule has 1 aliphatic rings. The van der Waals surface area contributed by atoms with Crippen molar-refractivity contribution in [1.82, 2.24) is 0 Å². The highest BCUT2D eigenvalue weighted by molar-refractivity contribution is 5.85. The second-order valence-electron chi connectivity index (χ2n) is 5.24. The summed E-state index contributed by atoms with van der Waals surface area (Å²) in [5.41, 5.74) is -0.133. The fraction of sp³-hybridized carbons (Fsp3) is 0.375. The van der Waals surface area contributed by atoms with Crippen molar-refractivity contribution in [2.75, 3.05) is 18.5 Å². The molecule has 1 atom stereocenters. The Morgan fingerprint density at radius 2 is 2.04 bits per heavy atom. The standard InChI is InChI=1S/C16H18N2O8/c1-3-24-14(19)8-13-16(21,9-15(20)25-4-2)26-12-7-10(18(22)23)5-6-11(12)17-13/h5-8,17,21H,3-4,9H2,1-2H3/b13-8-. The molecule has 2 rings (SSSR count). The van der Waals surface area contributed by atoms with Gasteiger partial charge in [0, 0.05) is 12.1 Å². The van der Waals surface area contributed by atoms with Crippen LogP contribution in [0.15, 0.2) is 30.0 Å².